The fourth-order valence-electron chi connectivity index (χ4n) is 2.01. The highest BCUT2D eigenvalue weighted by Crippen LogP contribution is 2.14. The molecule has 1 amide bonds. The van der Waals surface area contributed by atoms with Crippen molar-refractivity contribution >= 4 is 38.9 Å². The molecule has 0 spiro atoms. The van der Waals surface area contributed by atoms with Crippen LogP contribution in [0.4, 0.5) is 5.69 Å². The Bertz CT molecular complexity index is 906. The van der Waals surface area contributed by atoms with E-state index in [1.807, 2.05) is 19.1 Å². The van der Waals surface area contributed by atoms with E-state index in [9.17, 15) is 13.2 Å². The third-order valence-corrected chi connectivity index (χ3v) is 5.02. The Hall–Kier alpha value is -2.55. The number of hydrogen-bond donors (Lipinski definition) is 3. The largest absolute Gasteiger partial charge is 0.332 e. The number of aryl methyl sites for hydroxylation is 1. The third kappa shape index (κ3) is 5.48. The maximum atomic E-state index is 12.1. The van der Waals surface area contributed by atoms with E-state index in [2.05, 4.69) is 21.9 Å². The Morgan fingerprint density at radius 1 is 1.12 bits per heavy atom. The summed E-state index contributed by atoms with van der Waals surface area (Å²) in [6, 6.07) is 13.1. The Balaban J connectivity index is 1.98. The van der Waals surface area contributed by atoms with E-state index in [0.717, 1.165) is 5.56 Å². The number of amides is 1. The van der Waals surface area contributed by atoms with Gasteiger partial charge in [-0.05, 0) is 55.5 Å². The van der Waals surface area contributed by atoms with E-state index >= 15 is 0 Å². The van der Waals surface area contributed by atoms with E-state index in [1.165, 1.54) is 18.2 Å². The van der Waals surface area contributed by atoms with Gasteiger partial charge >= 0.3 is 0 Å². The highest BCUT2D eigenvalue weighted by molar-refractivity contribution is 7.89. The molecule has 0 unspecified atom stereocenters. The highest BCUT2D eigenvalue weighted by atomic mass is 32.2. The molecule has 6 nitrogen and oxygen atoms in total. The minimum atomic E-state index is -3.58. The molecule has 0 aliphatic carbocycles. The first-order chi connectivity index (χ1) is 12.3. The maximum Gasteiger partial charge on any atom is 0.257 e. The normalized spacial score (nSPS) is 10.8. The first kappa shape index (κ1) is 19.8. The fourth-order valence-corrected chi connectivity index (χ4v) is 3.22. The predicted molar refractivity (Wildman–Crippen MR) is 107 cm³/mol. The third-order valence-electron chi connectivity index (χ3n) is 3.38. The Labute approximate surface area is 158 Å². The van der Waals surface area contributed by atoms with Gasteiger partial charge in [-0.15, -0.1) is 6.58 Å². The molecule has 0 radical (unpaired) electrons. The van der Waals surface area contributed by atoms with Crippen molar-refractivity contribution in [3.8, 4) is 0 Å². The molecule has 0 bridgehead atoms. The number of sulfonamides is 1. The first-order valence-electron chi connectivity index (χ1n) is 7.71. The lowest BCUT2D eigenvalue weighted by Crippen LogP contribution is -2.34. The molecule has 2 aromatic carbocycles. The second-order valence-corrected chi connectivity index (χ2v) is 7.61. The molecule has 0 aromatic heterocycles. The summed E-state index contributed by atoms with van der Waals surface area (Å²) in [5, 5.41) is 5.54. The highest BCUT2D eigenvalue weighted by Gasteiger charge is 2.13. The maximum absolute atomic E-state index is 12.1. The molecule has 0 saturated heterocycles. The summed E-state index contributed by atoms with van der Waals surface area (Å²) >= 11 is 5.12. The fraction of sp³-hybridized carbons (Fsp3) is 0.111. The van der Waals surface area contributed by atoms with Gasteiger partial charge in [0.15, 0.2) is 5.11 Å². The summed E-state index contributed by atoms with van der Waals surface area (Å²) in [7, 11) is -3.58. The average Bonchev–Trinajstić information content (AvgIpc) is 2.61. The van der Waals surface area contributed by atoms with E-state index in [0.29, 0.717) is 11.3 Å². The van der Waals surface area contributed by atoms with Gasteiger partial charge in [0.05, 0.1) is 4.90 Å². The van der Waals surface area contributed by atoms with Crippen molar-refractivity contribution in [3.05, 3.63) is 72.3 Å². The lowest BCUT2D eigenvalue weighted by atomic mass is 10.1. The summed E-state index contributed by atoms with van der Waals surface area (Å²) in [5.74, 6) is -0.324. The molecular weight excluding hydrogens is 370 g/mol. The second-order valence-electron chi connectivity index (χ2n) is 5.44. The molecule has 0 fully saturated rings. The van der Waals surface area contributed by atoms with Gasteiger partial charge in [0.1, 0.15) is 0 Å². The molecule has 8 heteroatoms. The van der Waals surface area contributed by atoms with Gasteiger partial charge in [-0.2, -0.15) is 0 Å². The standard InChI is InChI=1S/C18H19N3O3S2/c1-3-12-19-26(23,24)16-10-8-15(9-11-16)20-18(25)21-17(22)14-6-4-13(2)5-7-14/h3-11,19H,1,12H2,2H3,(H2,20,21,22,25). The van der Waals surface area contributed by atoms with Crippen LogP contribution >= 0.6 is 12.2 Å². The Kier molecular flexibility index (Phi) is 6.62. The SMILES string of the molecule is C=CCNS(=O)(=O)c1ccc(NC(=S)NC(=O)c2ccc(C)cc2)cc1. The van der Waals surface area contributed by atoms with Gasteiger partial charge < -0.3 is 5.32 Å². The van der Waals surface area contributed by atoms with Gasteiger partial charge in [-0.3, -0.25) is 10.1 Å². The van der Waals surface area contributed by atoms with Gasteiger partial charge in [-0.1, -0.05) is 23.8 Å². The van der Waals surface area contributed by atoms with E-state index in [1.54, 1.807) is 24.3 Å². The van der Waals surface area contributed by atoms with Crippen LogP contribution in [-0.4, -0.2) is 26.0 Å². The number of nitrogens with one attached hydrogen (secondary N) is 3. The number of thiocarbonyl (C=S) groups is 1. The molecule has 0 saturated carbocycles. The van der Waals surface area contributed by atoms with Gasteiger partial charge in [0, 0.05) is 17.8 Å². The summed E-state index contributed by atoms with van der Waals surface area (Å²) in [4.78, 5) is 12.2. The van der Waals surface area contributed by atoms with Crippen molar-refractivity contribution < 1.29 is 13.2 Å². The summed E-state index contributed by atoms with van der Waals surface area (Å²) in [6.45, 7) is 5.55. The zero-order valence-electron chi connectivity index (χ0n) is 14.2. The molecule has 0 aliphatic rings. The topological polar surface area (TPSA) is 87.3 Å². The summed E-state index contributed by atoms with van der Waals surface area (Å²) in [5.41, 5.74) is 2.11. The van der Waals surface area contributed by atoms with Crippen molar-refractivity contribution in [1.29, 1.82) is 0 Å². The van der Waals surface area contributed by atoms with Crippen molar-refractivity contribution in [3.63, 3.8) is 0 Å². The van der Waals surface area contributed by atoms with E-state index in [4.69, 9.17) is 12.2 Å². The van der Waals surface area contributed by atoms with Crippen LogP contribution in [0.25, 0.3) is 0 Å². The number of benzene rings is 2. The monoisotopic (exact) mass is 389 g/mol. The molecule has 0 heterocycles. The minimum absolute atomic E-state index is 0.121. The van der Waals surface area contributed by atoms with Crippen molar-refractivity contribution in [2.24, 2.45) is 0 Å². The molecule has 2 aromatic rings. The molecule has 0 atom stereocenters. The quantitative estimate of drug-likeness (QED) is 0.522. The van der Waals surface area contributed by atoms with Crippen molar-refractivity contribution in [2.75, 3.05) is 11.9 Å². The number of hydrogen-bond acceptors (Lipinski definition) is 4. The van der Waals surface area contributed by atoms with Crippen molar-refractivity contribution in [2.45, 2.75) is 11.8 Å². The smallest absolute Gasteiger partial charge is 0.257 e. The van der Waals surface area contributed by atoms with Crippen LogP contribution in [0.3, 0.4) is 0 Å². The van der Waals surface area contributed by atoms with Crippen LogP contribution in [0.1, 0.15) is 15.9 Å². The van der Waals surface area contributed by atoms with E-state index < -0.39 is 10.0 Å². The van der Waals surface area contributed by atoms with Gasteiger partial charge in [0.25, 0.3) is 5.91 Å². The number of carbonyl (C=O) groups is 1. The molecular formula is C18H19N3O3S2. The molecule has 2 rings (SSSR count). The van der Waals surface area contributed by atoms with Crippen LogP contribution in [0.2, 0.25) is 0 Å². The molecule has 26 heavy (non-hydrogen) atoms. The van der Waals surface area contributed by atoms with E-state index in [-0.39, 0.29) is 22.5 Å². The number of anilines is 1. The van der Waals surface area contributed by atoms with Gasteiger partial charge in [0.2, 0.25) is 10.0 Å². The van der Waals surface area contributed by atoms with Crippen LogP contribution in [0.5, 0.6) is 0 Å². The number of rotatable bonds is 6. The first-order valence-corrected chi connectivity index (χ1v) is 9.60. The second kappa shape index (κ2) is 8.70. The Morgan fingerprint density at radius 2 is 1.73 bits per heavy atom. The lowest BCUT2D eigenvalue weighted by molar-refractivity contribution is 0.0977. The number of carbonyl (C=O) groups excluding carboxylic acids is 1. The van der Waals surface area contributed by atoms with Crippen LogP contribution in [0.15, 0.2) is 66.1 Å². The van der Waals surface area contributed by atoms with Crippen LogP contribution in [-0.2, 0) is 10.0 Å². The van der Waals surface area contributed by atoms with Gasteiger partial charge in [-0.25, -0.2) is 13.1 Å². The predicted octanol–water partition coefficient (Wildman–Crippen LogP) is 2.59. The van der Waals surface area contributed by atoms with Crippen LogP contribution in [0, 0.1) is 6.92 Å². The van der Waals surface area contributed by atoms with Crippen molar-refractivity contribution in [1.82, 2.24) is 10.0 Å². The zero-order valence-corrected chi connectivity index (χ0v) is 15.8. The minimum Gasteiger partial charge on any atom is -0.332 e. The average molecular weight is 390 g/mol. The summed E-state index contributed by atoms with van der Waals surface area (Å²) < 4.78 is 26.4. The molecule has 0 aliphatic heterocycles. The zero-order chi connectivity index (χ0) is 19.2. The molecule has 136 valence electrons. The van der Waals surface area contributed by atoms with Crippen LogP contribution < -0.4 is 15.4 Å². The lowest BCUT2D eigenvalue weighted by Gasteiger charge is -2.11. The molecule has 3 N–H and O–H groups in total. The Morgan fingerprint density at radius 3 is 2.31 bits per heavy atom. The summed E-state index contributed by atoms with van der Waals surface area (Å²) in [6.07, 6.45) is 1.46.